The van der Waals surface area contributed by atoms with E-state index in [1.807, 2.05) is 11.4 Å². The molecule has 0 fully saturated rings. The van der Waals surface area contributed by atoms with Gasteiger partial charge in [0.25, 0.3) is 0 Å². The molecule has 0 atom stereocenters. The van der Waals surface area contributed by atoms with E-state index in [0.717, 1.165) is 15.6 Å². The molecular weight excluding hydrogens is 324 g/mol. The Balaban J connectivity index is 2.11. The summed E-state index contributed by atoms with van der Waals surface area (Å²) in [5, 5.41) is 2.51. The van der Waals surface area contributed by atoms with Crippen LogP contribution in [0.3, 0.4) is 0 Å². The van der Waals surface area contributed by atoms with Crippen LogP contribution in [0.4, 0.5) is 0 Å². The normalized spacial score (nSPS) is 10.2. The van der Waals surface area contributed by atoms with Crippen molar-refractivity contribution in [2.45, 2.75) is 6.61 Å². The van der Waals surface area contributed by atoms with Gasteiger partial charge in [-0.15, -0.1) is 11.3 Å². The van der Waals surface area contributed by atoms with Gasteiger partial charge in [0.15, 0.2) is 6.29 Å². The van der Waals surface area contributed by atoms with Gasteiger partial charge in [0, 0.05) is 19.8 Å². The second-order valence-electron chi connectivity index (χ2n) is 3.32. The molecule has 0 unspecified atom stereocenters. The van der Waals surface area contributed by atoms with Gasteiger partial charge >= 0.3 is 0 Å². The molecule has 2 nitrogen and oxygen atoms in total. The van der Waals surface area contributed by atoms with Crippen molar-refractivity contribution < 1.29 is 9.53 Å². The van der Waals surface area contributed by atoms with Gasteiger partial charge < -0.3 is 4.74 Å². The fourth-order valence-electron chi connectivity index (χ4n) is 1.32. The van der Waals surface area contributed by atoms with Crippen LogP contribution in [-0.4, -0.2) is 6.29 Å². The van der Waals surface area contributed by atoms with Crippen molar-refractivity contribution in [3.8, 4) is 5.75 Å². The topological polar surface area (TPSA) is 26.3 Å². The lowest BCUT2D eigenvalue weighted by atomic mass is 10.2. The summed E-state index contributed by atoms with van der Waals surface area (Å²) in [7, 11) is 0. The maximum atomic E-state index is 10.9. The van der Waals surface area contributed by atoms with Gasteiger partial charge in [-0.25, -0.2) is 0 Å². The average Bonchev–Trinajstić information content (AvgIpc) is 2.73. The third-order valence-electron chi connectivity index (χ3n) is 2.09. The van der Waals surface area contributed by atoms with E-state index in [4.69, 9.17) is 16.3 Å². The number of carbonyl (C=O) groups excluding carboxylic acids is 1. The van der Waals surface area contributed by atoms with Crippen LogP contribution >= 0.6 is 38.9 Å². The van der Waals surface area contributed by atoms with E-state index in [-0.39, 0.29) is 0 Å². The van der Waals surface area contributed by atoms with Gasteiger partial charge in [-0.3, -0.25) is 4.79 Å². The molecule has 0 amide bonds. The number of rotatable bonds is 4. The Bertz CT molecular complexity index is 539. The molecule has 0 aliphatic heterocycles. The van der Waals surface area contributed by atoms with Crippen LogP contribution in [0.15, 0.2) is 34.1 Å². The van der Waals surface area contributed by atoms with Crippen LogP contribution in [0, 0.1) is 0 Å². The molecule has 1 aromatic heterocycles. The van der Waals surface area contributed by atoms with Crippen molar-refractivity contribution in [3.05, 3.63) is 49.6 Å². The minimum atomic E-state index is 0.443. The Hall–Kier alpha value is -0.840. The van der Waals surface area contributed by atoms with Crippen molar-refractivity contribution >= 4 is 45.2 Å². The summed E-state index contributed by atoms with van der Waals surface area (Å²) in [6, 6.07) is 6.98. The van der Waals surface area contributed by atoms with Crippen LogP contribution < -0.4 is 4.74 Å². The van der Waals surface area contributed by atoms with Crippen molar-refractivity contribution in [3.63, 3.8) is 0 Å². The molecule has 0 bridgehead atoms. The lowest BCUT2D eigenvalue weighted by molar-refractivity contribution is 0.111. The SMILES string of the molecule is O=Cc1cc(Cl)ccc1OCc1cc(Br)cs1. The van der Waals surface area contributed by atoms with Crippen LogP contribution in [-0.2, 0) is 6.61 Å². The highest BCUT2D eigenvalue weighted by atomic mass is 79.9. The predicted molar refractivity (Wildman–Crippen MR) is 73.2 cm³/mol. The van der Waals surface area contributed by atoms with E-state index in [9.17, 15) is 4.79 Å². The van der Waals surface area contributed by atoms with E-state index in [1.54, 1.807) is 29.5 Å². The molecule has 88 valence electrons. The zero-order chi connectivity index (χ0) is 12.3. The molecule has 17 heavy (non-hydrogen) atoms. The summed E-state index contributed by atoms with van der Waals surface area (Å²) in [5.74, 6) is 0.550. The summed E-state index contributed by atoms with van der Waals surface area (Å²) in [4.78, 5) is 11.9. The summed E-state index contributed by atoms with van der Waals surface area (Å²) in [6.07, 6.45) is 0.742. The number of aldehydes is 1. The van der Waals surface area contributed by atoms with Gasteiger partial charge in [0.05, 0.1) is 5.56 Å². The molecule has 0 aliphatic carbocycles. The highest BCUT2D eigenvalue weighted by Crippen LogP contribution is 2.25. The molecule has 1 aromatic carbocycles. The fourth-order valence-corrected chi connectivity index (χ4v) is 2.86. The van der Waals surface area contributed by atoms with Crippen molar-refractivity contribution in [1.82, 2.24) is 0 Å². The highest BCUT2D eigenvalue weighted by Gasteiger charge is 2.05. The number of ether oxygens (including phenoxy) is 1. The highest BCUT2D eigenvalue weighted by molar-refractivity contribution is 9.10. The first-order valence-electron chi connectivity index (χ1n) is 4.79. The number of carbonyl (C=O) groups is 1. The minimum absolute atomic E-state index is 0.443. The van der Waals surface area contributed by atoms with Gasteiger partial charge in [0.1, 0.15) is 12.4 Å². The standard InChI is InChI=1S/C12H8BrClO2S/c13-9-4-11(17-7-9)6-16-12-2-1-10(14)3-8(12)5-15/h1-5,7H,6H2. The summed E-state index contributed by atoms with van der Waals surface area (Å²) < 4.78 is 6.62. The third-order valence-corrected chi connectivity index (χ3v) is 4.00. The van der Waals surface area contributed by atoms with E-state index >= 15 is 0 Å². The summed E-state index contributed by atoms with van der Waals surface area (Å²) in [5.41, 5.74) is 0.466. The molecule has 0 aliphatic rings. The summed E-state index contributed by atoms with van der Waals surface area (Å²) >= 11 is 10.8. The molecule has 0 N–H and O–H groups in total. The Labute approximate surface area is 116 Å². The molecule has 5 heteroatoms. The lowest BCUT2D eigenvalue weighted by Gasteiger charge is -2.07. The Morgan fingerprint density at radius 3 is 2.88 bits per heavy atom. The molecule has 0 spiro atoms. The van der Waals surface area contributed by atoms with Crippen molar-refractivity contribution in [2.24, 2.45) is 0 Å². The second-order valence-corrected chi connectivity index (χ2v) is 5.67. The molecule has 1 heterocycles. The first-order valence-corrected chi connectivity index (χ1v) is 6.84. The lowest BCUT2D eigenvalue weighted by Crippen LogP contribution is -1.96. The van der Waals surface area contributed by atoms with Crippen LogP contribution in [0.2, 0.25) is 5.02 Å². The molecule has 0 saturated carbocycles. The summed E-state index contributed by atoms with van der Waals surface area (Å²) in [6.45, 7) is 0.443. The Morgan fingerprint density at radius 2 is 2.24 bits per heavy atom. The van der Waals surface area contributed by atoms with Crippen molar-refractivity contribution in [2.75, 3.05) is 0 Å². The Morgan fingerprint density at radius 1 is 1.41 bits per heavy atom. The average molecular weight is 332 g/mol. The second kappa shape index (κ2) is 5.67. The smallest absolute Gasteiger partial charge is 0.153 e. The number of thiophene rings is 1. The van der Waals surface area contributed by atoms with Crippen LogP contribution in [0.1, 0.15) is 15.2 Å². The maximum absolute atomic E-state index is 10.9. The fraction of sp³-hybridized carbons (Fsp3) is 0.0833. The first-order chi connectivity index (χ1) is 8.19. The number of benzene rings is 1. The third kappa shape index (κ3) is 3.31. The minimum Gasteiger partial charge on any atom is -0.487 e. The molecule has 2 rings (SSSR count). The van der Waals surface area contributed by atoms with Gasteiger partial charge in [-0.2, -0.15) is 0 Å². The molecule has 2 aromatic rings. The predicted octanol–water partition coefficient (Wildman–Crippen LogP) is 4.56. The van der Waals surface area contributed by atoms with E-state index in [0.29, 0.717) is 22.9 Å². The number of halogens is 2. The number of hydrogen-bond donors (Lipinski definition) is 0. The quantitative estimate of drug-likeness (QED) is 0.768. The van der Waals surface area contributed by atoms with E-state index in [2.05, 4.69) is 15.9 Å². The zero-order valence-electron chi connectivity index (χ0n) is 8.65. The van der Waals surface area contributed by atoms with Crippen molar-refractivity contribution in [1.29, 1.82) is 0 Å². The maximum Gasteiger partial charge on any atom is 0.153 e. The van der Waals surface area contributed by atoms with Gasteiger partial charge in [-0.1, -0.05) is 11.6 Å². The monoisotopic (exact) mass is 330 g/mol. The van der Waals surface area contributed by atoms with E-state index in [1.165, 1.54) is 0 Å². The zero-order valence-corrected chi connectivity index (χ0v) is 11.8. The van der Waals surface area contributed by atoms with Gasteiger partial charge in [-0.05, 0) is 40.2 Å². The van der Waals surface area contributed by atoms with Crippen LogP contribution in [0.5, 0.6) is 5.75 Å². The first kappa shape index (κ1) is 12.6. The number of hydrogen-bond acceptors (Lipinski definition) is 3. The van der Waals surface area contributed by atoms with Gasteiger partial charge in [0.2, 0.25) is 0 Å². The largest absolute Gasteiger partial charge is 0.487 e. The molecule has 0 radical (unpaired) electrons. The Kier molecular flexibility index (Phi) is 4.20. The van der Waals surface area contributed by atoms with Crippen LogP contribution in [0.25, 0.3) is 0 Å². The molecular formula is C12H8BrClO2S. The molecule has 0 saturated heterocycles. The van der Waals surface area contributed by atoms with E-state index < -0.39 is 0 Å².